The van der Waals surface area contributed by atoms with Crippen LogP contribution >= 0.6 is 11.6 Å². The highest BCUT2D eigenvalue weighted by molar-refractivity contribution is 6.30. The molecular formula is C26H38ClN5O2. The van der Waals surface area contributed by atoms with Crippen molar-refractivity contribution in [1.29, 1.82) is 0 Å². The van der Waals surface area contributed by atoms with Gasteiger partial charge in [-0.1, -0.05) is 68.3 Å². The van der Waals surface area contributed by atoms with Gasteiger partial charge >= 0.3 is 0 Å². The van der Waals surface area contributed by atoms with Gasteiger partial charge in [0.2, 0.25) is 5.95 Å². The van der Waals surface area contributed by atoms with Crippen LogP contribution in [0.2, 0.25) is 5.02 Å². The van der Waals surface area contributed by atoms with Crippen molar-refractivity contribution >= 4 is 23.2 Å². The molecule has 0 saturated carbocycles. The second-order valence-electron chi connectivity index (χ2n) is 8.38. The van der Waals surface area contributed by atoms with Crippen LogP contribution in [0.25, 0.3) is 0 Å². The number of halogens is 1. The summed E-state index contributed by atoms with van der Waals surface area (Å²) in [7, 11) is 3.26. The fraction of sp³-hybridized carbons (Fsp3) is 0.385. The Morgan fingerprint density at radius 1 is 1.21 bits per heavy atom. The predicted molar refractivity (Wildman–Crippen MR) is 146 cm³/mol. The molecule has 0 spiro atoms. The number of anilines is 2. The van der Waals surface area contributed by atoms with E-state index in [0.717, 1.165) is 22.8 Å². The Balaban J connectivity index is 0.00000133. The van der Waals surface area contributed by atoms with Gasteiger partial charge in [0.05, 0.1) is 25.0 Å². The van der Waals surface area contributed by atoms with Crippen LogP contribution in [0, 0.1) is 5.92 Å². The van der Waals surface area contributed by atoms with Crippen molar-refractivity contribution in [2.24, 2.45) is 5.92 Å². The van der Waals surface area contributed by atoms with Crippen molar-refractivity contribution in [1.82, 2.24) is 9.66 Å². The van der Waals surface area contributed by atoms with Gasteiger partial charge in [-0.2, -0.15) is 4.68 Å². The minimum atomic E-state index is -0.214. The maximum atomic E-state index is 12.5. The molecule has 0 atom stereocenters. The van der Waals surface area contributed by atoms with Crippen molar-refractivity contribution in [3.63, 3.8) is 0 Å². The van der Waals surface area contributed by atoms with Crippen molar-refractivity contribution in [2.45, 2.75) is 41.2 Å². The number of aromatic nitrogens is 2. The normalized spacial score (nSPS) is 11.4. The van der Waals surface area contributed by atoms with E-state index < -0.39 is 0 Å². The lowest BCUT2D eigenvalue weighted by atomic mass is 10.2. The molecule has 0 aliphatic heterocycles. The third kappa shape index (κ3) is 10.2. The van der Waals surface area contributed by atoms with E-state index in [1.807, 2.05) is 26.0 Å². The molecule has 1 aromatic heterocycles. The summed E-state index contributed by atoms with van der Waals surface area (Å²) >= 11 is 6.07. The summed E-state index contributed by atoms with van der Waals surface area (Å²) in [6, 6.07) is 6.77. The Morgan fingerprint density at radius 2 is 1.88 bits per heavy atom. The lowest BCUT2D eigenvalue weighted by molar-refractivity contribution is 0.416. The van der Waals surface area contributed by atoms with Crippen LogP contribution in [-0.4, -0.2) is 30.4 Å². The molecule has 0 aliphatic rings. The van der Waals surface area contributed by atoms with Crippen LogP contribution in [0.5, 0.6) is 5.75 Å². The summed E-state index contributed by atoms with van der Waals surface area (Å²) in [4.78, 5) is 17.1. The Morgan fingerprint density at radius 3 is 2.47 bits per heavy atom. The monoisotopic (exact) mass is 487 g/mol. The zero-order valence-corrected chi connectivity index (χ0v) is 22.1. The van der Waals surface area contributed by atoms with Gasteiger partial charge < -0.3 is 20.8 Å². The zero-order valence-electron chi connectivity index (χ0n) is 21.3. The second-order valence-corrected chi connectivity index (χ2v) is 8.82. The first-order chi connectivity index (χ1) is 16.1. The van der Waals surface area contributed by atoms with Gasteiger partial charge in [0, 0.05) is 24.7 Å². The van der Waals surface area contributed by atoms with E-state index in [1.165, 1.54) is 10.7 Å². The van der Waals surface area contributed by atoms with E-state index in [0.29, 0.717) is 35.5 Å². The second kappa shape index (κ2) is 14.9. The molecule has 8 heteroatoms. The standard InChI is InChI=1S/C22H28ClN5O2.C4H10/c1-6-15(2)7-8-16(3)13-26-22-27-18(12-21(29)28(22)24-4)14-25-19-11-17(23)9-10-20(19)30-5;1-4(2)3/h6-12,24-25H,1,13-14H2,2-5H3,(H,26,27);4H,1-3H3/b15-7-,16-8+;. The first-order valence-electron chi connectivity index (χ1n) is 11.2. The molecule has 0 amide bonds. The molecule has 2 aromatic rings. The van der Waals surface area contributed by atoms with Crippen molar-refractivity contribution < 1.29 is 4.74 Å². The molecule has 34 heavy (non-hydrogen) atoms. The van der Waals surface area contributed by atoms with Crippen LogP contribution in [-0.2, 0) is 6.54 Å². The van der Waals surface area contributed by atoms with Crippen molar-refractivity contribution in [3.05, 3.63) is 81.3 Å². The first kappa shape index (κ1) is 28.8. The number of benzene rings is 1. The number of allylic oxidation sites excluding steroid dienone is 4. The summed E-state index contributed by atoms with van der Waals surface area (Å²) in [5, 5.41) is 7.02. The maximum Gasteiger partial charge on any atom is 0.273 e. The van der Waals surface area contributed by atoms with E-state index in [4.69, 9.17) is 16.3 Å². The SMILES string of the molecule is C=C/C(C)=C\C=C(/C)CNc1nc(CNc2cc(Cl)ccc2OC)cc(=O)n1NC.CC(C)C. The van der Waals surface area contributed by atoms with E-state index >= 15 is 0 Å². The Bertz CT molecular complexity index is 1050. The fourth-order valence-corrected chi connectivity index (χ4v) is 2.75. The molecule has 1 heterocycles. The molecule has 186 valence electrons. The average Bonchev–Trinajstić information content (AvgIpc) is 2.79. The quantitative estimate of drug-likeness (QED) is 0.365. The van der Waals surface area contributed by atoms with Crippen LogP contribution in [0.4, 0.5) is 11.6 Å². The minimum absolute atomic E-state index is 0.214. The fourth-order valence-electron chi connectivity index (χ4n) is 2.58. The molecule has 0 bridgehead atoms. The van der Waals surface area contributed by atoms with Crippen LogP contribution in [0.1, 0.15) is 40.3 Å². The Kier molecular flexibility index (Phi) is 12.6. The van der Waals surface area contributed by atoms with E-state index in [1.54, 1.807) is 38.4 Å². The average molecular weight is 488 g/mol. The maximum absolute atomic E-state index is 12.5. The van der Waals surface area contributed by atoms with Crippen LogP contribution in [0.3, 0.4) is 0 Å². The third-order valence-electron chi connectivity index (χ3n) is 4.29. The molecule has 0 aliphatic carbocycles. The largest absolute Gasteiger partial charge is 0.495 e. The summed E-state index contributed by atoms with van der Waals surface area (Å²) in [5.41, 5.74) is 6.10. The molecular weight excluding hydrogens is 450 g/mol. The molecule has 3 N–H and O–H groups in total. The molecule has 1 aromatic carbocycles. The van der Waals surface area contributed by atoms with E-state index in [2.05, 4.69) is 48.4 Å². The highest BCUT2D eigenvalue weighted by Crippen LogP contribution is 2.27. The third-order valence-corrected chi connectivity index (χ3v) is 4.53. The Hall–Kier alpha value is -3.19. The smallest absolute Gasteiger partial charge is 0.273 e. The van der Waals surface area contributed by atoms with Crippen LogP contribution in [0.15, 0.2) is 65.0 Å². The van der Waals surface area contributed by atoms with Crippen LogP contribution < -0.4 is 26.4 Å². The minimum Gasteiger partial charge on any atom is -0.495 e. The molecule has 2 rings (SSSR count). The van der Waals surface area contributed by atoms with Gasteiger partial charge in [0.25, 0.3) is 5.56 Å². The van der Waals surface area contributed by atoms with Crippen molar-refractivity contribution in [2.75, 3.05) is 36.8 Å². The highest BCUT2D eigenvalue weighted by atomic mass is 35.5. The molecule has 0 saturated heterocycles. The summed E-state index contributed by atoms with van der Waals surface area (Å²) in [6.07, 6.45) is 5.78. The van der Waals surface area contributed by atoms with E-state index in [9.17, 15) is 4.79 Å². The molecule has 0 unspecified atom stereocenters. The first-order valence-corrected chi connectivity index (χ1v) is 11.6. The molecule has 7 nitrogen and oxygen atoms in total. The number of nitrogens with zero attached hydrogens (tertiary/aromatic N) is 2. The van der Waals surface area contributed by atoms with Crippen molar-refractivity contribution in [3.8, 4) is 5.75 Å². The Labute approximate surface area is 208 Å². The number of methoxy groups -OCH3 is 1. The predicted octanol–water partition coefficient (Wildman–Crippen LogP) is 5.84. The van der Waals surface area contributed by atoms with Gasteiger partial charge in [0.15, 0.2) is 0 Å². The summed E-state index contributed by atoms with van der Waals surface area (Å²) in [6.45, 7) is 15.1. The van der Waals surface area contributed by atoms with Gasteiger partial charge in [-0.25, -0.2) is 4.98 Å². The summed E-state index contributed by atoms with van der Waals surface area (Å²) < 4.78 is 6.70. The number of ether oxygens (including phenoxy) is 1. The highest BCUT2D eigenvalue weighted by Gasteiger charge is 2.09. The van der Waals surface area contributed by atoms with E-state index in [-0.39, 0.29) is 5.56 Å². The van der Waals surface area contributed by atoms with Gasteiger partial charge in [-0.3, -0.25) is 4.79 Å². The van der Waals surface area contributed by atoms with Gasteiger partial charge in [0.1, 0.15) is 5.75 Å². The lowest BCUT2D eigenvalue weighted by Gasteiger charge is -2.15. The molecule has 0 radical (unpaired) electrons. The van der Waals surface area contributed by atoms with Gasteiger partial charge in [-0.15, -0.1) is 0 Å². The van der Waals surface area contributed by atoms with Gasteiger partial charge in [-0.05, 0) is 38.0 Å². The summed E-state index contributed by atoms with van der Waals surface area (Å²) in [5.74, 6) is 1.92. The zero-order chi connectivity index (χ0) is 25.7. The number of rotatable bonds is 10. The number of nitrogens with one attached hydrogen (secondary N) is 3. The topological polar surface area (TPSA) is 80.2 Å². The number of hydrogen-bond donors (Lipinski definition) is 3. The lowest BCUT2D eigenvalue weighted by Crippen LogP contribution is -2.31. The number of hydrogen-bond acceptors (Lipinski definition) is 6. The molecule has 0 fully saturated rings.